The highest BCUT2D eigenvalue weighted by Gasteiger charge is 2.29. The van der Waals surface area contributed by atoms with Gasteiger partial charge in [0.25, 0.3) is 0 Å². The standard InChI is InChI=1S/C27H31N3O2/c1-20(31)24(18-21-10-9-16-29-19-21)30-17-15-25(32)27(28-2)26(22-11-5-3-6-12-22)23-13-7-4-8-14-23/h3-14,16,19,24,26-28,30H,15,17-18H2,1-2H3/t24-,27+/m0/s1. The molecule has 2 atom stereocenters. The van der Waals surface area contributed by atoms with Crippen molar-refractivity contribution in [1.82, 2.24) is 15.6 Å². The number of pyridine rings is 1. The third-order valence-corrected chi connectivity index (χ3v) is 5.72. The first-order valence-corrected chi connectivity index (χ1v) is 11.0. The molecule has 1 heterocycles. The number of carbonyl (C=O) groups is 2. The summed E-state index contributed by atoms with van der Waals surface area (Å²) in [6.45, 7) is 2.02. The van der Waals surface area contributed by atoms with E-state index in [1.807, 2.05) is 55.6 Å². The number of ketones is 2. The Balaban J connectivity index is 1.69. The lowest BCUT2D eigenvalue weighted by molar-refractivity contribution is -0.122. The van der Waals surface area contributed by atoms with Crippen molar-refractivity contribution >= 4 is 11.6 Å². The molecule has 0 saturated carbocycles. The minimum absolute atomic E-state index is 0.0536. The number of hydrogen-bond donors (Lipinski definition) is 2. The van der Waals surface area contributed by atoms with Crippen LogP contribution in [0.4, 0.5) is 0 Å². The van der Waals surface area contributed by atoms with E-state index in [1.54, 1.807) is 19.3 Å². The second-order valence-corrected chi connectivity index (χ2v) is 7.96. The Morgan fingerprint density at radius 3 is 2.03 bits per heavy atom. The van der Waals surface area contributed by atoms with Crippen LogP contribution in [0.1, 0.15) is 36.0 Å². The topological polar surface area (TPSA) is 71.1 Å². The van der Waals surface area contributed by atoms with Gasteiger partial charge in [-0.3, -0.25) is 14.6 Å². The van der Waals surface area contributed by atoms with Crippen molar-refractivity contribution in [2.24, 2.45) is 0 Å². The third kappa shape index (κ3) is 6.42. The van der Waals surface area contributed by atoms with Crippen LogP contribution < -0.4 is 10.6 Å². The largest absolute Gasteiger partial charge is 0.310 e. The highest BCUT2D eigenvalue weighted by atomic mass is 16.1. The predicted octanol–water partition coefficient (Wildman–Crippen LogP) is 3.55. The van der Waals surface area contributed by atoms with Gasteiger partial charge in [0.05, 0.1) is 12.1 Å². The van der Waals surface area contributed by atoms with Crippen LogP contribution in [0.2, 0.25) is 0 Å². The molecule has 3 rings (SSSR count). The van der Waals surface area contributed by atoms with Gasteiger partial charge in [0.1, 0.15) is 5.78 Å². The van der Waals surface area contributed by atoms with Crippen LogP contribution in [-0.4, -0.2) is 42.2 Å². The van der Waals surface area contributed by atoms with Gasteiger partial charge < -0.3 is 10.6 Å². The Hall–Kier alpha value is -3.15. The second-order valence-electron chi connectivity index (χ2n) is 7.96. The molecule has 5 heteroatoms. The van der Waals surface area contributed by atoms with Gasteiger partial charge in [0.15, 0.2) is 5.78 Å². The number of nitrogens with zero attached hydrogens (tertiary/aromatic N) is 1. The van der Waals surface area contributed by atoms with Gasteiger partial charge >= 0.3 is 0 Å². The van der Waals surface area contributed by atoms with E-state index in [9.17, 15) is 9.59 Å². The van der Waals surface area contributed by atoms with Gasteiger partial charge in [-0.25, -0.2) is 0 Å². The molecule has 0 aliphatic rings. The number of Topliss-reactive ketones (excluding diaryl/α,β-unsaturated/α-hetero) is 2. The lowest BCUT2D eigenvalue weighted by Crippen LogP contribution is -2.43. The maximum absolute atomic E-state index is 13.3. The molecule has 0 fully saturated rings. The van der Waals surface area contributed by atoms with Gasteiger partial charge in [-0.2, -0.15) is 0 Å². The smallest absolute Gasteiger partial charge is 0.151 e. The molecule has 0 saturated heterocycles. The summed E-state index contributed by atoms with van der Waals surface area (Å²) in [5.41, 5.74) is 3.18. The fourth-order valence-corrected chi connectivity index (χ4v) is 4.05. The second kappa shape index (κ2) is 12.0. The van der Waals surface area contributed by atoms with Gasteiger partial charge in [-0.15, -0.1) is 0 Å². The highest BCUT2D eigenvalue weighted by Crippen LogP contribution is 2.29. The molecule has 5 nitrogen and oxygen atoms in total. The van der Waals surface area contributed by atoms with Crippen LogP contribution in [0, 0.1) is 0 Å². The summed E-state index contributed by atoms with van der Waals surface area (Å²) in [5.74, 6) is 0.0770. The van der Waals surface area contributed by atoms with E-state index < -0.39 is 0 Å². The van der Waals surface area contributed by atoms with Crippen LogP contribution in [-0.2, 0) is 16.0 Å². The van der Waals surface area contributed by atoms with Crippen molar-refractivity contribution in [3.8, 4) is 0 Å². The van der Waals surface area contributed by atoms with Crippen molar-refractivity contribution in [2.75, 3.05) is 13.6 Å². The summed E-state index contributed by atoms with van der Waals surface area (Å²) < 4.78 is 0. The zero-order valence-corrected chi connectivity index (χ0v) is 18.7. The minimum Gasteiger partial charge on any atom is -0.310 e. The Morgan fingerprint density at radius 2 is 1.53 bits per heavy atom. The number of likely N-dealkylation sites (N-methyl/N-ethyl adjacent to an activating group) is 1. The molecule has 0 aliphatic carbocycles. The Bertz CT molecular complexity index is 938. The zero-order chi connectivity index (χ0) is 22.8. The maximum Gasteiger partial charge on any atom is 0.151 e. The zero-order valence-electron chi connectivity index (χ0n) is 18.7. The van der Waals surface area contributed by atoms with Crippen molar-refractivity contribution < 1.29 is 9.59 Å². The SMILES string of the molecule is CN[C@H](C(=O)CCN[C@@H](Cc1cccnc1)C(C)=O)C(c1ccccc1)c1ccccc1. The Kier molecular flexibility index (Phi) is 8.84. The summed E-state index contributed by atoms with van der Waals surface area (Å²) in [4.78, 5) is 29.5. The van der Waals surface area contributed by atoms with Crippen LogP contribution in [0.25, 0.3) is 0 Å². The highest BCUT2D eigenvalue weighted by molar-refractivity contribution is 5.86. The average Bonchev–Trinajstić information content (AvgIpc) is 2.83. The summed E-state index contributed by atoms with van der Waals surface area (Å²) in [6, 6.07) is 23.3. The minimum atomic E-state index is -0.365. The predicted molar refractivity (Wildman–Crippen MR) is 128 cm³/mol. The Labute approximate surface area is 190 Å². The summed E-state index contributed by atoms with van der Waals surface area (Å²) >= 11 is 0. The molecular weight excluding hydrogens is 398 g/mol. The monoisotopic (exact) mass is 429 g/mol. The van der Waals surface area contributed by atoms with E-state index in [0.717, 1.165) is 16.7 Å². The van der Waals surface area contributed by atoms with Gasteiger partial charge in [0, 0.05) is 31.3 Å². The summed E-state index contributed by atoms with van der Waals surface area (Å²) in [5, 5.41) is 6.52. The van der Waals surface area contributed by atoms with Gasteiger partial charge in [-0.1, -0.05) is 66.7 Å². The van der Waals surface area contributed by atoms with Crippen LogP contribution >= 0.6 is 0 Å². The van der Waals surface area contributed by atoms with Crippen molar-refractivity contribution in [1.29, 1.82) is 0 Å². The van der Waals surface area contributed by atoms with Gasteiger partial charge in [-0.05, 0) is 43.1 Å². The molecule has 0 spiro atoms. The van der Waals surface area contributed by atoms with Crippen LogP contribution in [0.3, 0.4) is 0 Å². The van der Waals surface area contributed by atoms with Crippen molar-refractivity contribution in [3.05, 3.63) is 102 Å². The normalized spacial score (nSPS) is 13.0. The van der Waals surface area contributed by atoms with Crippen LogP contribution in [0.5, 0.6) is 0 Å². The lowest BCUT2D eigenvalue weighted by atomic mass is 9.82. The molecule has 3 aromatic rings. The number of carbonyl (C=O) groups excluding carboxylic acids is 2. The molecule has 32 heavy (non-hydrogen) atoms. The molecule has 166 valence electrons. The van der Waals surface area contributed by atoms with Gasteiger partial charge in [0.2, 0.25) is 0 Å². The molecule has 1 aromatic heterocycles. The fourth-order valence-electron chi connectivity index (χ4n) is 4.05. The number of rotatable bonds is 12. The first-order chi connectivity index (χ1) is 15.6. The van der Waals surface area contributed by atoms with E-state index in [2.05, 4.69) is 39.9 Å². The van der Waals surface area contributed by atoms with E-state index in [0.29, 0.717) is 19.4 Å². The number of benzene rings is 2. The molecule has 0 unspecified atom stereocenters. The van der Waals surface area contributed by atoms with Crippen molar-refractivity contribution in [3.63, 3.8) is 0 Å². The number of aromatic nitrogens is 1. The fraction of sp³-hybridized carbons (Fsp3) is 0.296. The molecule has 2 N–H and O–H groups in total. The van der Waals surface area contributed by atoms with Crippen LogP contribution in [0.15, 0.2) is 85.2 Å². The van der Waals surface area contributed by atoms with E-state index in [4.69, 9.17) is 0 Å². The molecule has 0 amide bonds. The molecule has 0 radical (unpaired) electrons. The molecule has 2 aromatic carbocycles. The third-order valence-electron chi connectivity index (χ3n) is 5.72. The first kappa shape index (κ1) is 23.5. The summed E-state index contributed by atoms with van der Waals surface area (Å²) in [7, 11) is 1.83. The first-order valence-electron chi connectivity index (χ1n) is 11.0. The molecule has 0 bridgehead atoms. The Morgan fingerprint density at radius 1 is 0.906 bits per heavy atom. The molecule has 0 aliphatic heterocycles. The maximum atomic E-state index is 13.3. The lowest BCUT2D eigenvalue weighted by Gasteiger charge is -2.27. The van der Waals surface area contributed by atoms with Crippen molar-refractivity contribution in [2.45, 2.75) is 37.8 Å². The van der Waals surface area contributed by atoms with E-state index >= 15 is 0 Å². The average molecular weight is 430 g/mol. The molecular formula is C27H31N3O2. The van der Waals surface area contributed by atoms with E-state index in [1.165, 1.54) is 0 Å². The quantitative estimate of drug-likeness (QED) is 0.461. The summed E-state index contributed by atoms with van der Waals surface area (Å²) in [6.07, 6.45) is 4.37. The number of hydrogen-bond acceptors (Lipinski definition) is 5. The van der Waals surface area contributed by atoms with E-state index in [-0.39, 0.29) is 29.6 Å². The number of nitrogens with one attached hydrogen (secondary N) is 2.